The second-order valence-corrected chi connectivity index (χ2v) is 5.86. The van der Waals surface area contributed by atoms with Gasteiger partial charge in [-0.1, -0.05) is 24.3 Å². The van der Waals surface area contributed by atoms with E-state index in [4.69, 9.17) is 0 Å². The number of halogens is 3. The van der Waals surface area contributed by atoms with Gasteiger partial charge >= 0.3 is 12.2 Å². The Labute approximate surface area is 148 Å². The summed E-state index contributed by atoms with van der Waals surface area (Å²) in [5.74, 6) is 0. The number of aryl methyl sites for hydroxylation is 1. The second kappa shape index (κ2) is 7.03. The first kappa shape index (κ1) is 17.7. The van der Waals surface area contributed by atoms with Gasteiger partial charge in [-0.3, -0.25) is 4.98 Å². The lowest BCUT2D eigenvalue weighted by Gasteiger charge is -2.12. The van der Waals surface area contributed by atoms with Gasteiger partial charge in [-0.05, 0) is 36.2 Å². The number of nitrogens with zero attached hydrogens (tertiary/aromatic N) is 1. The van der Waals surface area contributed by atoms with Crippen molar-refractivity contribution in [3.63, 3.8) is 0 Å². The summed E-state index contributed by atoms with van der Waals surface area (Å²) in [5.41, 5.74) is 1.44. The van der Waals surface area contributed by atoms with Crippen LogP contribution in [0.25, 0.3) is 10.8 Å². The van der Waals surface area contributed by atoms with E-state index in [0.717, 1.165) is 28.5 Å². The third-order valence-electron chi connectivity index (χ3n) is 3.96. The van der Waals surface area contributed by atoms with E-state index in [1.165, 1.54) is 12.1 Å². The number of carbonyl (C=O) groups excluding carboxylic acids is 1. The van der Waals surface area contributed by atoms with Crippen LogP contribution in [0.15, 0.2) is 54.9 Å². The van der Waals surface area contributed by atoms with E-state index in [1.54, 1.807) is 18.5 Å². The minimum Gasteiger partial charge on any atom is -0.334 e. The lowest BCUT2D eigenvalue weighted by Crippen LogP contribution is -2.28. The molecule has 0 saturated carbocycles. The van der Waals surface area contributed by atoms with Gasteiger partial charge in [-0.15, -0.1) is 0 Å². The number of carbonyl (C=O) groups is 1. The Morgan fingerprint density at radius 1 is 1.08 bits per heavy atom. The van der Waals surface area contributed by atoms with Crippen LogP contribution in [-0.2, 0) is 12.7 Å². The van der Waals surface area contributed by atoms with Crippen molar-refractivity contribution in [2.75, 3.05) is 5.32 Å². The van der Waals surface area contributed by atoms with E-state index >= 15 is 0 Å². The number of fused-ring (bicyclic) bond motifs is 1. The standard InChI is InChI=1S/C19H16F3N3O/c1-12-9-23-11-14-3-2-4-16(17(12)14)25-18(26)24-10-13-5-7-15(8-6-13)19(20,21)22/h2-9,11H,10H2,1H3,(H2,24,25,26). The van der Waals surface area contributed by atoms with Crippen molar-refractivity contribution in [2.45, 2.75) is 19.6 Å². The summed E-state index contributed by atoms with van der Waals surface area (Å²) in [4.78, 5) is 16.3. The summed E-state index contributed by atoms with van der Waals surface area (Å²) >= 11 is 0. The summed E-state index contributed by atoms with van der Waals surface area (Å²) in [6.07, 6.45) is -0.939. The van der Waals surface area contributed by atoms with E-state index in [0.29, 0.717) is 11.3 Å². The number of alkyl halides is 3. The molecule has 0 spiro atoms. The van der Waals surface area contributed by atoms with E-state index in [2.05, 4.69) is 15.6 Å². The number of hydrogen-bond acceptors (Lipinski definition) is 2. The van der Waals surface area contributed by atoms with Crippen molar-refractivity contribution in [1.82, 2.24) is 10.3 Å². The molecule has 3 rings (SSSR count). The predicted octanol–water partition coefficient (Wildman–Crippen LogP) is 4.88. The summed E-state index contributed by atoms with van der Waals surface area (Å²) in [6, 6.07) is 9.75. The van der Waals surface area contributed by atoms with Gasteiger partial charge < -0.3 is 10.6 Å². The molecule has 0 atom stereocenters. The quantitative estimate of drug-likeness (QED) is 0.700. The van der Waals surface area contributed by atoms with Crippen molar-refractivity contribution in [1.29, 1.82) is 0 Å². The van der Waals surface area contributed by atoms with Crippen LogP contribution in [0.2, 0.25) is 0 Å². The summed E-state index contributed by atoms with van der Waals surface area (Å²) in [7, 11) is 0. The minimum absolute atomic E-state index is 0.120. The molecule has 2 N–H and O–H groups in total. The number of urea groups is 1. The Morgan fingerprint density at radius 3 is 2.50 bits per heavy atom. The summed E-state index contributed by atoms with van der Waals surface area (Å²) in [5, 5.41) is 7.22. The lowest BCUT2D eigenvalue weighted by molar-refractivity contribution is -0.137. The molecule has 0 aliphatic heterocycles. The molecule has 1 heterocycles. The number of pyridine rings is 1. The number of benzene rings is 2. The lowest BCUT2D eigenvalue weighted by atomic mass is 10.1. The normalized spacial score (nSPS) is 11.4. The average molecular weight is 359 g/mol. The van der Waals surface area contributed by atoms with E-state index in [1.807, 2.05) is 19.1 Å². The number of rotatable bonds is 3. The van der Waals surface area contributed by atoms with Crippen LogP contribution in [0.4, 0.5) is 23.7 Å². The minimum atomic E-state index is -4.37. The number of amides is 2. The molecule has 3 aromatic rings. The molecule has 1 aromatic heterocycles. The van der Waals surface area contributed by atoms with Gasteiger partial charge in [0.25, 0.3) is 0 Å². The number of aromatic nitrogens is 1. The molecular formula is C19H16F3N3O. The van der Waals surface area contributed by atoms with Crippen LogP contribution in [-0.4, -0.2) is 11.0 Å². The highest BCUT2D eigenvalue weighted by Gasteiger charge is 2.29. The van der Waals surface area contributed by atoms with Crippen molar-refractivity contribution < 1.29 is 18.0 Å². The van der Waals surface area contributed by atoms with Gasteiger partial charge in [0, 0.05) is 29.7 Å². The van der Waals surface area contributed by atoms with E-state index in [9.17, 15) is 18.0 Å². The highest BCUT2D eigenvalue weighted by atomic mass is 19.4. The molecule has 0 aliphatic rings. The molecule has 2 aromatic carbocycles. The first-order chi connectivity index (χ1) is 12.3. The van der Waals surface area contributed by atoms with Crippen LogP contribution in [0.5, 0.6) is 0 Å². The van der Waals surface area contributed by atoms with E-state index in [-0.39, 0.29) is 6.54 Å². The Kier molecular flexibility index (Phi) is 4.79. The molecule has 0 aliphatic carbocycles. The van der Waals surface area contributed by atoms with Crippen LogP contribution < -0.4 is 10.6 Å². The van der Waals surface area contributed by atoms with Gasteiger partial charge in [0.2, 0.25) is 0 Å². The first-order valence-corrected chi connectivity index (χ1v) is 7.89. The second-order valence-electron chi connectivity index (χ2n) is 5.86. The fourth-order valence-electron chi connectivity index (χ4n) is 2.68. The molecule has 0 bridgehead atoms. The van der Waals surface area contributed by atoms with Gasteiger partial charge in [-0.2, -0.15) is 13.2 Å². The van der Waals surface area contributed by atoms with Crippen LogP contribution in [0.3, 0.4) is 0 Å². The third-order valence-corrected chi connectivity index (χ3v) is 3.96. The molecule has 26 heavy (non-hydrogen) atoms. The van der Waals surface area contributed by atoms with Gasteiger partial charge in [0.1, 0.15) is 0 Å². The highest BCUT2D eigenvalue weighted by molar-refractivity contribution is 6.02. The van der Waals surface area contributed by atoms with Gasteiger partial charge in [0.15, 0.2) is 0 Å². The molecule has 2 amide bonds. The van der Waals surface area contributed by atoms with Crippen molar-refractivity contribution in [3.05, 3.63) is 71.5 Å². The fraction of sp³-hybridized carbons (Fsp3) is 0.158. The van der Waals surface area contributed by atoms with Crippen LogP contribution in [0, 0.1) is 6.92 Å². The maximum atomic E-state index is 12.6. The monoisotopic (exact) mass is 359 g/mol. The van der Waals surface area contributed by atoms with Crippen LogP contribution >= 0.6 is 0 Å². The zero-order valence-electron chi connectivity index (χ0n) is 13.9. The Hall–Kier alpha value is -3.09. The SMILES string of the molecule is Cc1cncc2cccc(NC(=O)NCc3ccc(C(F)(F)F)cc3)c12. The maximum absolute atomic E-state index is 12.6. The Balaban J connectivity index is 1.67. The molecule has 0 unspecified atom stereocenters. The zero-order valence-corrected chi connectivity index (χ0v) is 13.9. The topological polar surface area (TPSA) is 54.0 Å². The third kappa shape index (κ3) is 3.93. The molecule has 0 radical (unpaired) electrons. The summed E-state index contributed by atoms with van der Waals surface area (Å²) < 4.78 is 37.7. The molecule has 0 saturated heterocycles. The largest absolute Gasteiger partial charge is 0.416 e. The van der Waals surface area contributed by atoms with E-state index < -0.39 is 17.8 Å². The average Bonchev–Trinajstić information content (AvgIpc) is 2.60. The highest BCUT2D eigenvalue weighted by Crippen LogP contribution is 2.29. The van der Waals surface area contributed by atoms with Crippen molar-refractivity contribution >= 4 is 22.5 Å². The molecule has 7 heteroatoms. The molecule has 134 valence electrons. The Morgan fingerprint density at radius 2 is 1.81 bits per heavy atom. The number of anilines is 1. The predicted molar refractivity (Wildman–Crippen MR) is 93.8 cm³/mol. The fourth-order valence-corrected chi connectivity index (χ4v) is 2.68. The maximum Gasteiger partial charge on any atom is 0.416 e. The molecule has 4 nitrogen and oxygen atoms in total. The molecular weight excluding hydrogens is 343 g/mol. The first-order valence-electron chi connectivity index (χ1n) is 7.89. The van der Waals surface area contributed by atoms with Crippen molar-refractivity contribution in [2.24, 2.45) is 0 Å². The smallest absolute Gasteiger partial charge is 0.334 e. The van der Waals surface area contributed by atoms with Gasteiger partial charge in [-0.25, -0.2) is 4.79 Å². The Bertz CT molecular complexity index is 932. The number of hydrogen-bond donors (Lipinski definition) is 2. The zero-order chi connectivity index (χ0) is 18.7. The van der Waals surface area contributed by atoms with Crippen molar-refractivity contribution in [3.8, 4) is 0 Å². The molecule has 0 fully saturated rings. The van der Waals surface area contributed by atoms with Gasteiger partial charge in [0.05, 0.1) is 11.3 Å². The summed E-state index contributed by atoms with van der Waals surface area (Å²) in [6.45, 7) is 2.02. The number of nitrogens with one attached hydrogen (secondary N) is 2. The van der Waals surface area contributed by atoms with Crippen LogP contribution in [0.1, 0.15) is 16.7 Å².